The van der Waals surface area contributed by atoms with Crippen molar-refractivity contribution in [1.29, 1.82) is 0 Å². The zero-order valence-corrected chi connectivity index (χ0v) is 10.4. The maximum atomic E-state index is 5.76. The molecule has 2 aromatic heterocycles. The molecule has 0 aliphatic rings. The third-order valence-corrected chi connectivity index (χ3v) is 2.41. The van der Waals surface area contributed by atoms with Crippen LogP contribution in [0.1, 0.15) is 25.7 Å². The van der Waals surface area contributed by atoms with Crippen molar-refractivity contribution in [2.75, 3.05) is 0 Å². The van der Waals surface area contributed by atoms with E-state index in [1.54, 1.807) is 18.6 Å². The molecular weight excluding hydrogens is 242 g/mol. The zero-order chi connectivity index (χ0) is 11.5. The third kappa shape index (κ3) is 2.98. The summed E-state index contributed by atoms with van der Waals surface area (Å²) in [4.78, 5) is 12.3. The van der Waals surface area contributed by atoms with Gasteiger partial charge >= 0.3 is 0 Å². The molecule has 0 amide bonds. The van der Waals surface area contributed by atoms with Crippen molar-refractivity contribution in [3.63, 3.8) is 0 Å². The maximum absolute atomic E-state index is 5.76. The van der Waals surface area contributed by atoms with E-state index in [0.717, 1.165) is 0 Å². The highest BCUT2D eigenvalue weighted by Gasteiger charge is 2.18. The Balaban J connectivity index is 0.00000144. The van der Waals surface area contributed by atoms with Gasteiger partial charge in [0.1, 0.15) is 5.69 Å². The van der Waals surface area contributed by atoms with Gasteiger partial charge in [-0.1, -0.05) is 12.1 Å². The molecule has 0 fully saturated rings. The summed E-state index contributed by atoms with van der Waals surface area (Å²) in [6.45, 7) is 3.84. The Morgan fingerprint density at radius 3 is 2.65 bits per heavy atom. The molecule has 2 rings (SSSR count). The van der Waals surface area contributed by atoms with E-state index in [1.807, 2.05) is 13.8 Å². The summed E-state index contributed by atoms with van der Waals surface area (Å²) in [6.07, 6.45) is 4.76. The van der Waals surface area contributed by atoms with E-state index < -0.39 is 0 Å². The van der Waals surface area contributed by atoms with Gasteiger partial charge in [0.15, 0.2) is 0 Å². The second-order valence-electron chi connectivity index (χ2n) is 3.69. The van der Waals surface area contributed by atoms with Crippen LogP contribution in [0.4, 0.5) is 0 Å². The summed E-state index contributed by atoms with van der Waals surface area (Å²) in [5.74, 6) is 0.990. The second-order valence-corrected chi connectivity index (χ2v) is 3.69. The molecule has 6 nitrogen and oxygen atoms in total. The summed E-state index contributed by atoms with van der Waals surface area (Å²) in [5, 5.41) is 3.85. The largest absolute Gasteiger partial charge is 0.339 e. The van der Waals surface area contributed by atoms with E-state index in [1.165, 1.54) is 0 Å². The second kappa shape index (κ2) is 5.70. The number of hydrogen-bond donors (Lipinski definition) is 1. The minimum Gasteiger partial charge on any atom is -0.339 e. The lowest BCUT2D eigenvalue weighted by Gasteiger charge is -2.09. The van der Waals surface area contributed by atoms with Crippen LogP contribution in [-0.2, 0) is 0 Å². The standard InChI is InChI=1S/C10H13N5O.ClH/c1-6(7(2)11)10-14-9(15-16-10)8-5-12-3-4-13-8;/h3-7H,11H2,1-2H3;1H. The zero-order valence-electron chi connectivity index (χ0n) is 9.57. The smallest absolute Gasteiger partial charge is 0.231 e. The topological polar surface area (TPSA) is 90.7 Å². The Kier molecular flexibility index (Phi) is 4.53. The van der Waals surface area contributed by atoms with E-state index in [-0.39, 0.29) is 24.4 Å². The highest BCUT2D eigenvalue weighted by Crippen LogP contribution is 2.19. The summed E-state index contributed by atoms with van der Waals surface area (Å²) in [6, 6.07) is -0.0323. The number of nitrogens with two attached hydrogens (primary N) is 1. The van der Waals surface area contributed by atoms with Gasteiger partial charge in [0.25, 0.3) is 0 Å². The fraction of sp³-hybridized carbons (Fsp3) is 0.400. The van der Waals surface area contributed by atoms with E-state index >= 15 is 0 Å². The molecule has 0 aliphatic carbocycles. The molecule has 17 heavy (non-hydrogen) atoms. The molecule has 0 saturated carbocycles. The SMILES string of the molecule is CC(N)C(C)c1nc(-c2cnccn2)no1.Cl. The number of hydrogen-bond acceptors (Lipinski definition) is 6. The van der Waals surface area contributed by atoms with Crippen molar-refractivity contribution in [2.24, 2.45) is 5.73 Å². The van der Waals surface area contributed by atoms with Gasteiger partial charge in [0.05, 0.1) is 12.1 Å². The Labute approximate surface area is 105 Å². The molecule has 92 valence electrons. The Morgan fingerprint density at radius 2 is 2.06 bits per heavy atom. The minimum absolute atomic E-state index is 0. The summed E-state index contributed by atoms with van der Waals surface area (Å²) in [7, 11) is 0. The molecule has 0 radical (unpaired) electrons. The van der Waals surface area contributed by atoms with Gasteiger partial charge in [-0.3, -0.25) is 4.98 Å². The number of halogens is 1. The average Bonchev–Trinajstić information content (AvgIpc) is 2.78. The first-order chi connectivity index (χ1) is 7.68. The Morgan fingerprint density at radius 1 is 1.29 bits per heavy atom. The number of aromatic nitrogens is 4. The number of rotatable bonds is 3. The predicted octanol–water partition coefficient (Wildman–Crippen LogP) is 1.40. The fourth-order valence-electron chi connectivity index (χ4n) is 1.16. The van der Waals surface area contributed by atoms with Crippen molar-refractivity contribution in [3.8, 4) is 11.5 Å². The Bertz CT molecular complexity index is 459. The predicted molar refractivity (Wildman–Crippen MR) is 64.6 cm³/mol. The van der Waals surface area contributed by atoms with Crippen molar-refractivity contribution in [2.45, 2.75) is 25.8 Å². The van der Waals surface area contributed by atoms with Crippen molar-refractivity contribution in [1.82, 2.24) is 20.1 Å². The van der Waals surface area contributed by atoms with Crippen molar-refractivity contribution < 1.29 is 4.52 Å². The van der Waals surface area contributed by atoms with Crippen LogP contribution in [0.5, 0.6) is 0 Å². The van der Waals surface area contributed by atoms with Gasteiger partial charge in [0.2, 0.25) is 11.7 Å². The molecule has 2 atom stereocenters. The quantitative estimate of drug-likeness (QED) is 0.891. The average molecular weight is 256 g/mol. The van der Waals surface area contributed by atoms with Gasteiger partial charge in [-0.05, 0) is 6.92 Å². The van der Waals surface area contributed by atoms with Gasteiger partial charge in [-0.15, -0.1) is 12.4 Å². The lowest BCUT2D eigenvalue weighted by molar-refractivity contribution is 0.346. The maximum Gasteiger partial charge on any atom is 0.231 e. The molecule has 0 spiro atoms. The van der Waals surface area contributed by atoms with Crippen LogP contribution in [-0.4, -0.2) is 26.2 Å². The van der Waals surface area contributed by atoms with Gasteiger partial charge in [-0.2, -0.15) is 4.98 Å². The van der Waals surface area contributed by atoms with Crippen LogP contribution in [0.15, 0.2) is 23.1 Å². The summed E-state index contributed by atoms with van der Waals surface area (Å²) >= 11 is 0. The van der Waals surface area contributed by atoms with E-state index in [2.05, 4.69) is 20.1 Å². The minimum atomic E-state index is -0.0323. The normalized spacial score (nSPS) is 13.8. The molecule has 0 bridgehead atoms. The van der Waals surface area contributed by atoms with Crippen molar-refractivity contribution in [3.05, 3.63) is 24.5 Å². The molecule has 2 N–H and O–H groups in total. The van der Waals surface area contributed by atoms with E-state index in [4.69, 9.17) is 10.3 Å². The highest BCUT2D eigenvalue weighted by atomic mass is 35.5. The molecule has 0 aromatic carbocycles. The third-order valence-electron chi connectivity index (χ3n) is 2.41. The van der Waals surface area contributed by atoms with E-state index in [0.29, 0.717) is 17.4 Å². The van der Waals surface area contributed by atoms with Crippen molar-refractivity contribution >= 4 is 12.4 Å². The summed E-state index contributed by atoms with van der Waals surface area (Å²) in [5.41, 5.74) is 6.35. The lowest BCUT2D eigenvalue weighted by Crippen LogP contribution is -2.22. The Hall–Kier alpha value is -1.53. The first-order valence-electron chi connectivity index (χ1n) is 5.04. The summed E-state index contributed by atoms with van der Waals surface area (Å²) < 4.78 is 5.13. The first-order valence-corrected chi connectivity index (χ1v) is 5.04. The van der Waals surface area contributed by atoms with Gasteiger partial charge < -0.3 is 10.3 Å². The first kappa shape index (κ1) is 13.5. The van der Waals surface area contributed by atoms with Crippen LogP contribution in [0, 0.1) is 0 Å². The molecule has 2 unspecified atom stereocenters. The van der Waals surface area contributed by atoms with Gasteiger partial charge in [0, 0.05) is 18.4 Å². The van der Waals surface area contributed by atoms with Crippen LogP contribution in [0.2, 0.25) is 0 Å². The van der Waals surface area contributed by atoms with Crippen LogP contribution in [0.25, 0.3) is 11.5 Å². The van der Waals surface area contributed by atoms with E-state index in [9.17, 15) is 0 Å². The molecular formula is C10H14ClN5O. The van der Waals surface area contributed by atoms with Gasteiger partial charge in [-0.25, -0.2) is 4.98 Å². The molecule has 0 aliphatic heterocycles. The number of nitrogens with zero attached hydrogens (tertiary/aromatic N) is 4. The monoisotopic (exact) mass is 255 g/mol. The highest BCUT2D eigenvalue weighted by molar-refractivity contribution is 5.85. The van der Waals surface area contributed by atoms with Crippen LogP contribution >= 0.6 is 12.4 Å². The molecule has 2 heterocycles. The molecule has 0 saturated heterocycles. The fourth-order valence-corrected chi connectivity index (χ4v) is 1.16. The van der Waals surface area contributed by atoms with Crippen LogP contribution < -0.4 is 5.73 Å². The van der Waals surface area contributed by atoms with Crippen LogP contribution in [0.3, 0.4) is 0 Å². The lowest BCUT2D eigenvalue weighted by atomic mass is 10.1. The molecule has 7 heteroatoms. The molecule has 2 aromatic rings.